The Hall–Kier alpha value is -10.2. The molecule has 5 aromatic rings. The zero-order chi connectivity index (χ0) is 70.6. The molecule has 6 unspecified atom stereocenters. The first-order chi connectivity index (χ1) is 45.5. The maximum Gasteiger partial charge on any atom is 0.305 e. The van der Waals surface area contributed by atoms with Crippen LogP contribution in [0.2, 0.25) is 5.02 Å². The van der Waals surface area contributed by atoms with Gasteiger partial charge in [0.25, 0.3) is 5.91 Å². The first-order valence-electron chi connectivity index (χ1n) is 29.9. The van der Waals surface area contributed by atoms with E-state index in [1.54, 1.807) is 30.5 Å². The SMILES string of the molecule is COc1ccc(S(=O)(=O)NC(CC(=O)O)C(=O)NC(CCC(=O)O)C(=O)NCC(=O)NC(Cc2cccc(F)c2)C(=O)NC(Cc2c[nH]c3ccccc23)C(=O)NC(CCC(=O)O)C(=O)NCCCCCC(=O)NC(CCCCNC(=O)c2c(F)cc(Cl)cc2F)C(N)=O)cc1. The molecule has 518 valence electrons. The van der Waals surface area contributed by atoms with Crippen molar-refractivity contribution in [3.05, 3.63) is 130 Å². The van der Waals surface area contributed by atoms with E-state index < -0.39 is 190 Å². The van der Waals surface area contributed by atoms with Gasteiger partial charge in [-0.2, -0.15) is 4.72 Å². The van der Waals surface area contributed by atoms with E-state index in [9.17, 15) is 94.4 Å². The molecule has 9 amide bonds. The van der Waals surface area contributed by atoms with Gasteiger partial charge in [0.2, 0.25) is 57.3 Å². The maximum atomic E-state index is 14.6. The molecule has 0 bridgehead atoms. The first-order valence-corrected chi connectivity index (χ1v) is 31.8. The van der Waals surface area contributed by atoms with Gasteiger partial charge in [-0.05, 0) is 111 Å². The highest BCUT2D eigenvalue weighted by Gasteiger charge is 2.34. The highest BCUT2D eigenvalue weighted by atomic mass is 35.5. The van der Waals surface area contributed by atoms with Crippen molar-refractivity contribution < 1.29 is 99.2 Å². The number of fused-ring (bicyclic) bond motifs is 1. The molecule has 0 aliphatic carbocycles. The summed E-state index contributed by atoms with van der Waals surface area (Å²) in [7, 11) is -3.30. The quantitative estimate of drug-likeness (QED) is 0.0248. The number of amides is 9. The van der Waals surface area contributed by atoms with Crippen LogP contribution in [-0.4, -0.2) is 163 Å². The van der Waals surface area contributed by atoms with Crippen LogP contribution < -0.4 is 57.7 Å². The lowest BCUT2D eigenvalue weighted by molar-refractivity contribution is -0.140. The van der Waals surface area contributed by atoms with Crippen molar-refractivity contribution in [2.75, 3.05) is 26.7 Å². The number of aromatic nitrogens is 1. The molecule has 15 N–H and O–H groups in total. The van der Waals surface area contributed by atoms with Crippen LogP contribution in [0.25, 0.3) is 10.9 Å². The molecule has 0 fully saturated rings. The summed E-state index contributed by atoms with van der Waals surface area (Å²) in [6, 6.07) is 8.21. The fourth-order valence-corrected chi connectivity index (χ4v) is 11.0. The number of nitrogens with one attached hydrogen (secondary N) is 10. The van der Waals surface area contributed by atoms with Gasteiger partial charge in [-0.15, -0.1) is 0 Å². The van der Waals surface area contributed by atoms with Crippen LogP contribution in [0.1, 0.15) is 98.5 Å². The fourth-order valence-electron chi connectivity index (χ4n) is 9.63. The largest absolute Gasteiger partial charge is 0.497 e. The van der Waals surface area contributed by atoms with E-state index in [4.69, 9.17) is 22.1 Å². The minimum absolute atomic E-state index is 0.0267. The van der Waals surface area contributed by atoms with Crippen molar-refractivity contribution in [2.24, 2.45) is 5.73 Å². The number of unbranched alkanes of at least 4 members (excludes halogenated alkanes) is 3. The predicted molar refractivity (Wildman–Crippen MR) is 336 cm³/mol. The van der Waals surface area contributed by atoms with E-state index in [0.717, 1.165) is 36.4 Å². The second-order valence-corrected chi connectivity index (χ2v) is 24.0. The Morgan fingerprint density at radius 2 is 1.15 bits per heavy atom. The van der Waals surface area contributed by atoms with Gasteiger partial charge in [0, 0.05) is 67.3 Å². The van der Waals surface area contributed by atoms with E-state index in [0.29, 0.717) is 22.9 Å². The normalized spacial score (nSPS) is 13.1. The van der Waals surface area contributed by atoms with Crippen molar-refractivity contribution in [1.82, 2.24) is 52.2 Å². The highest BCUT2D eigenvalue weighted by molar-refractivity contribution is 7.89. The predicted octanol–water partition coefficient (Wildman–Crippen LogP) is 1.89. The Kier molecular flexibility index (Phi) is 30.0. The number of hydrogen-bond donors (Lipinski definition) is 14. The summed E-state index contributed by atoms with van der Waals surface area (Å²) in [5, 5.41) is 48.4. The smallest absolute Gasteiger partial charge is 0.305 e. The van der Waals surface area contributed by atoms with Gasteiger partial charge < -0.3 is 73.3 Å². The van der Waals surface area contributed by atoms with Gasteiger partial charge in [-0.25, -0.2) is 21.6 Å². The molecule has 96 heavy (non-hydrogen) atoms. The van der Waals surface area contributed by atoms with Gasteiger partial charge in [0.15, 0.2) is 0 Å². The molecule has 5 rings (SSSR count). The summed E-state index contributed by atoms with van der Waals surface area (Å²) in [5.41, 5.74) is 5.91. The summed E-state index contributed by atoms with van der Waals surface area (Å²) in [6.45, 7) is -1.06. The molecular formula is C62H73ClF3N11O18S. The number of H-pyrrole nitrogens is 1. The zero-order valence-corrected chi connectivity index (χ0v) is 53.2. The molecule has 34 heteroatoms. The summed E-state index contributed by atoms with van der Waals surface area (Å²) < 4.78 is 76.3. The molecule has 6 atom stereocenters. The van der Waals surface area contributed by atoms with E-state index >= 15 is 0 Å². The molecule has 0 spiro atoms. The molecule has 0 saturated carbocycles. The minimum atomic E-state index is -4.61. The number of nitrogens with two attached hydrogens (primary N) is 1. The second-order valence-electron chi connectivity index (χ2n) is 21.9. The van der Waals surface area contributed by atoms with Gasteiger partial charge in [-0.3, -0.25) is 57.5 Å². The number of carbonyl (C=O) groups is 12. The Morgan fingerprint density at radius 1 is 0.573 bits per heavy atom. The number of benzene rings is 4. The number of carbonyl (C=O) groups excluding carboxylic acids is 9. The van der Waals surface area contributed by atoms with Crippen LogP contribution in [0.15, 0.2) is 96.0 Å². The average molecular weight is 1380 g/mol. The summed E-state index contributed by atoms with van der Waals surface area (Å²) in [4.78, 5) is 159. The van der Waals surface area contributed by atoms with Crippen LogP contribution >= 0.6 is 11.6 Å². The van der Waals surface area contributed by atoms with E-state index in [-0.39, 0.29) is 74.4 Å². The van der Waals surface area contributed by atoms with E-state index in [1.165, 1.54) is 31.4 Å². The van der Waals surface area contributed by atoms with Crippen molar-refractivity contribution in [1.29, 1.82) is 0 Å². The lowest BCUT2D eigenvalue weighted by Crippen LogP contribution is -2.58. The number of rotatable bonds is 41. The highest BCUT2D eigenvalue weighted by Crippen LogP contribution is 2.22. The third kappa shape index (κ3) is 25.3. The first kappa shape index (κ1) is 76.6. The van der Waals surface area contributed by atoms with Gasteiger partial charge >= 0.3 is 17.9 Å². The molecule has 0 radical (unpaired) electrons. The number of methoxy groups -OCH3 is 1. The van der Waals surface area contributed by atoms with Crippen LogP contribution in [0, 0.1) is 17.5 Å². The van der Waals surface area contributed by atoms with Crippen LogP contribution in [0.3, 0.4) is 0 Å². The zero-order valence-electron chi connectivity index (χ0n) is 51.6. The fraction of sp³-hybridized carbons (Fsp3) is 0.387. The topological polar surface area (TPSA) is 459 Å². The lowest BCUT2D eigenvalue weighted by Gasteiger charge is -2.26. The third-order valence-corrected chi connectivity index (χ3v) is 16.3. The average Bonchev–Trinajstić information content (AvgIpc) is 1.53. The molecule has 1 heterocycles. The lowest BCUT2D eigenvalue weighted by atomic mass is 10.0. The van der Waals surface area contributed by atoms with Crippen molar-refractivity contribution >= 4 is 104 Å². The Bertz CT molecular complexity index is 3730. The Labute approximate surface area is 552 Å². The number of carboxylic acids is 3. The van der Waals surface area contributed by atoms with Gasteiger partial charge in [-0.1, -0.05) is 48.4 Å². The molecule has 1 aromatic heterocycles. The molecule has 4 aromatic carbocycles. The van der Waals surface area contributed by atoms with Crippen LogP contribution in [0.4, 0.5) is 13.2 Å². The molecule has 0 aliphatic rings. The monoisotopic (exact) mass is 1380 g/mol. The Morgan fingerprint density at radius 3 is 1.75 bits per heavy atom. The van der Waals surface area contributed by atoms with E-state index in [1.807, 2.05) is 4.72 Å². The second kappa shape index (κ2) is 37.7. The molecular weight excluding hydrogens is 1310 g/mol. The molecule has 0 saturated heterocycles. The summed E-state index contributed by atoms with van der Waals surface area (Å²) >= 11 is 5.61. The molecule has 29 nitrogen and oxygen atoms in total. The molecule has 0 aliphatic heterocycles. The van der Waals surface area contributed by atoms with E-state index in [2.05, 4.69) is 47.5 Å². The number of halogens is 4. The standard InChI is InChI=1S/C62H73ClF3N11O18S/c1-95-38-16-18-39(19-17-38)96(93,94)77-49(31-54(84)85)61(91)75-46(21-23-53(82)83)58(88)71-33-51(79)73-47(27-34-10-9-11-37(64)26-34)59(89)76-48(28-35-32-70-43-13-5-4-12-40(35)43)60(90)74-45(20-22-52(80)81)57(87)68-24-7-2-3-15-50(78)72-44(56(67)86)14-6-8-25-69-62(92)55-41(65)29-36(63)30-42(55)66/h4-5,9-13,16-19,26,29-30,32,44-49,70,77H,2-3,6-8,14-15,20-25,27-28,31,33H2,1H3,(H2,67,86)(H,68,87)(H,69,92)(H,71,88)(H,72,78)(H,73,79)(H,74,90)(H,75,91)(H,76,89)(H,80,81)(H,82,83)(H,84,85). The number of carboxylic acid groups (broad SMARTS) is 3. The van der Waals surface area contributed by atoms with Crippen molar-refractivity contribution in [2.45, 2.75) is 131 Å². The summed E-state index contributed by atoms with van der Waals surface area (Å²) in [6.07, 6.45) is -1.49. The maximum absolute atomic E-state index is 14.6. The number of hydrogen-bond acceptors (Lipinski definition) is 15. The number of sulfonamides is 1. The van der Waals surface area contributed by atoms with Gasteiger partial charge in [0.1, 0.15) is 65.0 Å². The van der Waals surface area contributed by atoms with Gasteiger partial charge in [0.05, 0.1) is 25.0 Å². The summed E-state index contributed by atoms with van der Waals surface area (Å²) in [5.74, 6) is -16.2. The van der Waals surface area contributed by atoms with Crippen LogP contribution in [-0.2, 0) is 75.6 Å². The minimum Gasteiger partial charge on any atom is -0.497 e. The number of aliphatic carboxylic acids is 3. The number of para-hydroxylation sites is 1. The van der Waals surface area contributed by atoms with Crippen LogP contribution in [0.5, 0.6) is 5.75 Å². The Balaban J connectivity index is 1.23. The van der Waals surface area contributed by atoms with Crippen molar-refractivity contribution in [3.63, 3.8) is 0 Å². The number of primary amides is 1. The number of aromatic amines is 1. The third-order valence-electron chi connectivity index (χ3n) is 14.6. The van der Waals surface area contributed by atoms with Crippen molar-refractivity contribution in [3.8, 4) is 5.75 Å². The number of ether oxygens (including phenoxy) is 1.